The predicted molar refractivity (Wildman–Crippen MR) is 122 cm³/mol. The molecule has 0 aliphatic carbocycles. The number of hydrogen-bond donors (Lipinski definition) is 1. The molecule has 144 valence electrons. The molecule has 0 spiro atoms. The second-order valence-electron chi connectivity index (χ2n) is 6.95. The third kappa shape index (κ3) is 3.74. The summed E-state index contributed by atoms with van der Waals surface area (Å²) in [5.74, 6) is 0.658. The minimum Gasteiger partial charge on any atom is -0.507 e. The number of rotatable bonds is 3. The van der Waals surface area contributed by atoms with E-state index in [2.05, 4.69) is 15.9 Å². The Bertz CT molecular complexity index is 1320. The second kappa shape index (κ2) is 7.68. The first-order chi connectivity index (χ1) is 13.9. The largest absolute Gasteiger partial charge is 0.507 e. The molecule has 0 bridgehead atoms. The number of aromatic hydroxyl groups is 1. The summed E-state index contributed by atoms with van der Waals surface area (Å²) >= 11 is 3.42. The lowest BCUT2D eigenvalue weighted by Gasteiger charge is -2.14. The van der Waals surface area contributed by atoms with Gasteiger partial charge in [0.25, 0.3) is 5.56 Å². The first-order valence-electron chi connectivity index (χ1n) is 9.20. The van der Waals surface area contributed by atoms with E-state index in [1.165, 1.54) is 0 Å². The highest BCUT2D eigenvalue weighted by atomic mass is 79.9. The molecule has 1 heterocycles. The molecule has 0 atom stereocenters. The minimum atomic E-state index is -0.124. The number of halogens is 1. The molecule has 0 amide bonds. The molecule has 4 rings (SSSR count). The van der Waals surface area contributed by atoms with Crippen molar-refractivity contribution in [2.45, 2.75) is 13.8 Å². The molecule has 3 aromatic carbocycles. The zero-order valence-electron chi connectivity index (χ0n) is 16.1. The number of phenols is 1. The highest BCUT2D eigenvalue weighted by Gasteiger charge is 2.13. The zero-order valence-corrected chi connectivity index (χ0v) is 17.6. The monoisotopic (exact) mass is 446 g/mol. The predicted octanol–water partition coefficient (Wildman–Crippen LogP) is 5.64. The van der Waals surface area contributed by atoms with Crippen molar-refractivity contribution in [1.29, 1.82) is 0 Å². The second-order valence-corrected chi connectivity index (χ2v) is 7.87. The maximum Gasteiger partial charge on any atom is 0.266 e. The van der Waals surface area contributed by atoms with Gasteiger partial charge in [0.05, 0.1) is 16.6 Å². The Kier molecular flexibility index (Phi) is 5.07. The lowest BCUT2D eigenvalue weighted by molar-refractivity contribution is 0.474. The summed E-state index contributed by atoms with van der Waals surface area (Å²) in [4.78, 5) is 18.1. The van der Waals surface area contributed by atoms with Crippen LogP contribution in [0.3, 0.4) is 0 Å². The van der Waals surface area contributed by atoms with E-state index < -0.39 is 0 Å². The summed E-state index contributed by atoms with van der Waals surface area (Å²) in [6, 6.07) is 18.5. The first kappa shape index (κ1) is 19.2. The Morgan fingerprint density at radius 2 is 1.79 bits per heavy atom. The van der Waals surface area contributed by atoms with Crippen molar-refractivity contribution in [2.75, 3.05) is 0 Å². The number of phenolic OH excluding ortho intramolecular Hbond substituents is 1. The van der Waals surface area contributed by atoms with E-state index in [1.54, 1.807) is 34.9 Å². The summed E-state index contributed by atoms with van der Waals surface area (Å²) in [5, 5.41) is 10.7. The molecule has 0 fully saturated rings. The molecule has 0 aliphatic heterocycles. The zero-order chi connectivity index (χ0) is 20.5. The van der Waals surface area contributed by atoms with Crippen LogP contribution < -0.4 is 5.56 Å². The molecule has 5 heteroatoms. The maximum absolute atomic E-state index is 13.4. The Hall–Kier alpha value is -3.18. The fraction of sp³-hybridized carbons (Fsp3) is 0.0833. The van der Waals surface area contributed by atoms with Crippen molar-refractivity contribution in [2.24, 2.45) is 0 Å². The van der Waals surface area contributed by atoms with Crippen LogP contribution in [0.1, 0.15) is 22.5 Å². The van der Waals surface area contributed by atoms with Crippen LogP contribution in [0.5, 0.6) is 5.75 Å². The van der Waals surface area contributed by atoms with Crippen LogP contribution in [0.4, 0.5) is 0 Å². The van der Waals surface area contributed by atoms with Crippen LogP contribution in [-0.4, -0.2) is 14.7 Å². The SMILES string of the molecule is Cc1ccc(-n2c(C=Cc3cc(Br)ccc3O)nc3ccccc3c2=O)c(C)c1. The van der Waals surface area contributed by atoms with Gasteiger partial charge >= 0.3 is 0 Å². The van der Waals surface area contributed by atoms with E-state index in [0.29, 0.717) is 22.3 Å². The number of hydrogen-bond acceptors (Lipinski definition) is 3. The smallest absolute Gasteiger partial charge is 0.266 e. The van der Waals surface area contributed by atoms with E-state index in [1.807, 2.05) is 56.3 Å². The Morgan fingerprint density at radius 3 is 2.59 bits per heavy atom. The van der Waals surface area contributed by atoms with Gasteiger partial charge in [-0.05, 0) is 68.0 Å². The highest BCUT2D eigenvalue weighted by molar-refractivity contribution is 9.10. The molecule has 0 unspecified atom stereocenters. The number of fused-ring (bicyclic) bond motifs is 1. The Balaban J connectivity index is 1.98. The molecular formula is C24H19BrN2O2. The van der Waals surface area contributed by atoms with Gasteiger partial charge in [-0.25, -0.2) is 4.98 Å². The summed E-state index contributed by atoms with van der Waals surface area (Å²) in [6.07, 6.45) is 3.52. The van der Waals surface area contributed by atoms with Crippen LogP contribution in [0, 0.1) is 13.8 Å². The van der Waals surface area contributed by atoms with E-state index in [4.69, 9.17) is 4.98 Å². The standard InChI is InChI=1S/C24H19BrN2O2/c1-15-7-10-21(16(2)13-15)27-23(12-8-17-14-18(25)9-11-22(17)28)26-20-6-4-3-5-19(20)24(27)29/h3-14,28H,1-2H3. The quantitative estimate of drug-likeness (QED) is 0.442. The van der Waals surface area contributed by atoms with Crippen LogP contribution >= 0.6 is 15.9 Å². The molecule has 1 N–H and O–H groups in total. The number of aromatic nitrogens is 2. The molecule has 29 heavy (non-hydrogen) atoms. The van der Waals surface area contributed by atoms with E-state index in [-0.39, 0.29) is 11.3 Å². The third-order valence-electron chi connectivity index (χ3n) is 4.80. The van der Waals surface area contributed by atoms with Crippen molar-refractivity contribution < 1.29 is 5.11 Å². The van der Waals surface area contributed by atoms with Gasteiger partial charge in [0.15, 0.2) is 0 Å². The van der Waals surface area contributed by atoms with Gasteiger partial charge in [0.2, 0.25) is 0 Å². The number of aryl methyl sites for hydroxylation is 2. The molecule has 1 aromatic heterocycles. The van der Waals surface area contributed by atoms with Crippen molar-refractivity contribution in [3.8, 4) is 11.4 Å². The van der Waals surface area contributed by atoms with E-state index in [0.717, 1.165) is 21.3 Å². The summed E-state index contributed by atoms with van der Waals surface area (Å²) in [5.41, 5.74) is 4.05. The van der Waals surface area contributed by atoms with E-state index >= 15 is 0 Å². The number of para-hydroxylation sites is 1. The normalized spacial score (nSPS) is 11.4. The lowest BCUT2D eigenvalue weighted by atomic mass is 10.1. The van der Waals surface area contributed by atoms with Gasteiger partial charge in [-0.2, -0.15) is 0 Å². The average Bonchev–Trinajstić information content (AvgIpc) is 2.70. The number of benzene rings is 3. The first-order valence-corrected chi connectivity index (χ1v) is 9.99. The third-order valence-corrected chi connectivity index (χ3v) is 5.29. The molecule has 0 radical (unpaired) electrons. The van der Waals surface area contributed by atoms with Crippen molar-refractivity contribution in [3.05, 3.63) is 98.0 Å². The van der Waals surface area contributed by atoms with Crippen LogP contribution in [0.2, 0.25) is 0 Å². The summed E-state index contributed by atoms with van der Waals surface area (Å²) in [6.45, 7) is 4.01. The van der Waals surface area contributed by atoms with Gasteiger partial charge in [-0.1, -0.05) is 45.8 Å². The summed E-state index contributed by atoms with van der Waals surface area (Å²) in [7, 11) is 0. The maximum atomic E-state index is 13.4. The van der Waals surface area contributed by atoms with Crippen molar-refractivity contribution in [3.63, 3.8) is 0 Å². The molecular weight excluding hydrogens is 428 g/mol. The molecule has 0 aliphatic rings. The molecule has 0 saturated carbocycles. The average molecular weight is 447 g/mol. The lowest BCUT2D eigenvalue weighted by Crippen LogP contribution is -2.23. The van der Waals surface area contributed by atoms with Gasteiger partial charge in [-0.15, -0.1) is 0 Å². The Morgan fingerprint density at radius 1 is 1.00 bits per heavy atom. The van der Waals surface area contributed by atoms with Crippen LogP contribution in [0.25, 0.3) is 28.7 Å². The van der Waals surface area contributed by atoms with Gasteiger partial charge in [-0.3, -0.25) is 9.36 Å². The topological polar surface area (TPSA) is 55.1 Å². The van der Waals surface area contributed by atoms with Gasteiger partial charge in [0, 0.05) is 10.0 Å². The highest BCUT2D eigenvalue weighted by Crippen LogP contribution is 2.25. The van der Waals surface area contributed by atoms with Crippen LogP contribution in [0.15, 0.2) is 69.9 Å². The summed E-state index contributed by atoms with van der Waals surface area (Å²) < 4.78 is 2.48. The molecule has 4 aromatic rings. The Labute approximate surface area is 176 Å². The number of nitrogens with zero attached hydrogens (tertiary/aromatic N) is 2. The molecule has 0 saturated heterocycles. The fourth-order valence-electron chi connectivity index (χ4n) is 3.37. The van der Waals surface area contributed by atoms with Crippen molar-refractivity contribution >= 4 is 39.0 Å². The van der Waals surface area contributed by atoms with Gasteiger partial charge in [0.1, 0.15) is 11.6 Å². The van der Waals surface area contributed by atoms with Crippen LogP contribution in [-0.2, 0) is 0 Å². The minimum absolute atomic E-state index is 0.124. The van der Waals surface area contributed by atoms with Gasteiger partial charge < -0.3 is 5.11 Å². The molecule has 4 nitrogen and oxygen atoms in total. The van der Waals surface area contributed by atoms with E-state index in [9.17, 15) is 9.90 Å². The fourth-order valence-corrected chi connectivity index (χ4v) is 3.75. The van der Waals surface area contributed by atoms with Crippen molar-refractivity contribution in [1.82, 2.24) is 9.55 Å².